The van der Waals surface area contributed by atoms with Crippen LogP contribution in [0.5, 0.6) is 0 Å². The third kappa shape index (κ3) is 4.72. The summed E-state index contributed by atoms with van der Waals surface area (Å²) >= 11 is 5.55. The summed E-state index contributed by atoms with van der Waals surface area (Å²) in [6.45, 7) is 5.33. The van der Waals surface area contributed by atoms with Crippen LogP contribution in [0.3, 0.4) is 0 Å². The quantitative estimate of drug-likeness (QED) is 0.763. The molecule has 114 valence electrons. The highest BCUT2D eigenvalue weighted by molar-refractivity contribution is 6.27. The zero-order valence-corrected chi connectivity index (χ0v) is 12.9. The van der Waals surface area contributed by atoms with Crippen molar-refractivity contribution in [1.29, 1.82) is 0 Å². The predicted molar refractivity (Wildman–Crippen MR) is 82.7 cm³/mol. The number of anilines is 1. The number of carbonyl (C=O) groups excluding carboxylic acids is 2. The van der Waals surface area contributed by atoms with Gasteiger partial charge in [-0.1, -0.05) is 17.7 Å². The van der Waals surface area contributed by atoms with E-state index in [4.69, 9.17) is 11.6 Å². The Morgan fingerprint density at radius 1 is 1.24 bits per heavy atom. The summed E-state index contributed by atoms with van der Waals surface area (Å²) in [7, 11) is 0. The van der Waals surface area contributed by atoms with Gasteiger partial charge in [-0.15, -0.1) is 11.6 Å². The van der Waals surface area contributed by atoms with Crippen LogP contribution in [0.2, 0.25) is 0 Å². The minimum atomic E-state index is -0.0279. The van der Waals surface area contributed by atoms with Gasteiger partial charge in [-0.25, -0.2) is 0 Å². The largest absolute Gasteiger partial charge is 0.330 e. The maximum Gasteiger partial charge on any atom is 0.279 e. The molecule has 1 aliphatic rings. The highest BCUT2D eigenvalue weighted by Crippen LogP contribution is 2.07. The van der Waals surface area contributed by atoms with Crippen LogP contribution in [0.25, 0.3) is 0 Å². The van der Waals surface area contributed by atoms with Crippen molar-refractivity contribution in [2.45, 2.75) is 6.92 Å². The van der Waals surface area contributed by atoms with Crippen LogP contribution >= 0.6 is 11.6 Å². The van der Waals surface area contributed by atoms with Gasteiger partial charge >= 0.3 is 0 Å². The first-order valence-electron chi connectivity index (χ1n) is 7.12. The van der Waals surface area contributed by atoms with E-state index in [0.717, 1.165) is 18.8 Å². The molecular formula is C15H21ClN3O2+. The molecule has 2 rings (SSSR count). The number of carbonyl (C=O) groups is 2. The fourth-order valence-corrected chi connectivity index (χ4v) is 2.57. The molecule has 1 aliphatic heterocycles. The third-order valence-corrected chi connectivity index (χ3v) is 3.91. The Morgan fingerprint density at radius 2 is 1.86 bits per heavy atom. The van der Waals surface area contributed by atoms with E-state index in [1.807, 2.05) is 31.2 Å². The highest BCUT2D eigenvalue weighted by atomic mass is 35.5. The second kappa shape index (κ2) is 7.43. The van der Waals surface area contributed by atoms with E-state index in [0.29, 0.717) is 19.6 Å². The summed E-state index contributed by atoms with van der Waals surface area (Å²) < 4.78 is 0. The van der Waals surface area contributed by atoms with Crippen LogP contribution in [0.15, 0.2) is 24.3 Å². The van der Waals surface area contributed by atoms with E-state index in [9.17, 15) is 9.59 Å². The monoisotopic (exact) mass is 310 g/mol. The fraction of sp³-hybridized carbons (Fsp3) is 0.467. The number of hydrogen-bond donors (Lipinski definition) is 2. The maximum absolute atomic E-state index is 12.0. The van der Waals surface area contributed by atoms with Crippen molar-refractivity contribution in [3.8, 4) is 0 Å². The van der Waals surface area contributed by atoms with E-state index in [2.05, 4.69) is 5.32 Å². The van der Waals surface area contributed by atoms with Gasteiger partial charge in [-0.3, -0.25) is 9.59 Å². The van der Waals surface area contributed by atoms with Gasteiger partial charge in [0.2, 0.25) is 5.91 Å². The molecule has 1 saturated heterocycles. The van der Waals surface area contributed by atoms with E-state index in [1.54, 1.807) is 4.90 Å². The average molecular weight is 311 g/mol. The van der Waals surface area contributed by atoms with Gasteiger partial charge < -0.3 is 15.1 Å². The molecule has 21 heavy (non-hydrogen) atoms. The summed E-state index contributed by atoms with van der Waals surface area (Å²) in [4.78, 5) is 26.4. The Bertz CT molecular complexity index is 496. The van der Waals surface area contributed by atoms with Gasteiger partial charge in [0.15, 0.2) is 6.54 Å². The lowest BCUT2D eigenvalue weighted by atomic mass is 10.2. The third-order valence-electron chi connectivity index (χ3n) is 3.68. The lowest BCUT2D eigenvalue weighted by molar-refractivity contribution is -0.895. The summed E-state index contributed by atoms with van der Waals surface area (Å²) in [6, 6.07) is 7.75. The van der Waals surface area contributed by atoms with Crippen LogP contribution in [-0.4, -0.2) is 55.3 Å². The van der Waals surface area contributed by atoms with Crippen molar-refractivity contribution in [1.82, 2.24) is 4.90 Å². The number of benzene rings is 1. The molecule has 5 nitrogen and oxygen atoms in total. The topological polar surface area (TPSA) is 53.9 Å². The molecule has 1 aromatic carbocycles. The molecule has 0 aliphatic carbocycles. The number of hydrogen-bond acceptors (Lipinski definition) is 2. The van der Waals surface area contributed by atoms with Crippen molar-refractivity contribution in [3.05, 3.63) is 29.8 Å². The SMILES string of the molecule is Cc1ccc(NC(=O)C[NH+]2CCN(C(=O)CCl)CC2)cc1. The second-order valence-electron chi connectivity index (χ2n) is 5.36. The first-order chi connectivity index (χ1) is 10.1. The molecule has 0 radical (unpaired) electrons. The number of quaternary nitrogens is 1. The number of alkyl halides is 1. The van der Waals surface area contributed by atoms with E-state index >= 15 is 0 Å². The molecule has 0 saturated carbocycles. The van der Waals surface area contributed by atoms with Crippen molar-refractivity contribution < 1.29 is 14.5 Å². The molecule has 2 N–H and O–H groups in total. The van der Waals surface area contributed by atoms with Gasteiger partial charge in [0, 0.05) is 5.69 Å². The van der Waals surface area contributed by atoms with Gasteiger partial charge in [0.1, 0.15) is 5.88 Å². The molecule has 1 aromatic rings. The van der Waals surface area contributed by atoms with E-state index in [1.165, 1.54) is 10.5 Å². The van der Waals surface area contributed by atoms with Crippen LogP contribution in [-0.2, 0) is 9.59 Å². The van der Waals surface area contributed by atoms with Crippen LogP contribution < -0.4 is 10.2 Å². The number of aryl methyl sites for hydroxylation is 1. The van der Waals surface area contributed by atoms with Crippen molar-refractivity contribution >= 4 is 29.1 Å². The molecule has 1 fully saturated rings. The van der Waals surface area contributed by atoms with E-state index in [-0.39, 0.29) is 17.7 Å². The number of amides is 2. The molecular weight excluding hydrogens is 290 g/mol. The molecule has 1 heterocycles. The van der Waals surface area contributed by atoms with E-state index < -0.39 is 0 Å². The summed E-state index contributed by atoms with van der Waals surface area (Å²) in [5.41, 5.74) is 1.99. The fourth-order valence-electron chi connectivity index (χ4n) is 2.40. The lowest BCUT2D eigenvalue weighted by Gasteiger charge is -2.31. The first kappa shape index (κ1) is 15.8. The number of halogens is 1. The van der Waals surface area contributed by atoms with Crippen molar-refractivity contribution in [2.24, 2.45) is 0 Å². The van der Waals surface area contributed by atoms with Crippen LogP contribution in [0, 0.1) is 6.92 Å². The van der Waals surface area contributed by atoms with Crippen LogP contribution in [0.4, 0.5) is 5.69 Å². The van der Waals surface area contributed by atoms with Gasteiger partial charge in [-0.2, -0.15) is 0 Å². The Hall–Kier alpha value is -1.59. The highest BCUT2D eigenvalue weighted by Gasteiger charge is 2.24. The first-order valence-corrected chi connectivity index (χ1v) is 7.66. The number of nitrogens with one attached hydrogen (secondary N) is 2. The van der Waals surface area contributed by atoms with Crippen molar-refractivity contribution in [3.63, 3.8) is 0 Å². The maximum atomic E-state index is 12.0. The second-order valence-corrected chi connectivity index (χ2v) is 5.62. The standard InChI is InChI=1S/C15H20ClN3O2/c1-12-2-4-13(5-3-12)17-14(20)11-18-6-8-19(9-7-18)15(21)10-16/h2-5H,6-11H2,1H3,(H,17,20)/p+1. The number of piperazine rings is 1. The molecule has 0 bridgehead atoms. The zero-order chi connectivity index (χ0) is 15.2. The molecule has 0 aromatic heterocycles. The minimum Gasteiger partial charge on any atom is -0.330 e. The Morgan fingerprint density at radius 3 is 2.43 bits per heavy atom. The Balaban J connectivity index is 1.76. The summed E-state index contributed by atoms with van der Waals surface area (Å²) in [5.74, 6) is 0.00858. The zero-order valence-electron chi connectivity index (χ0n) is 12.2. The summed E-state index contributed by atoms with van der Waals surface area (Å²) in [6.07, 6.45) is 0. The van der Waals surface area contributed by atoms with Crippen LogP contribution in [0.1, 0.15) is 5.56 Å². The molecule has 0 spiro atoms. The Kier molecular flexibility index (Phi) is 5.59. The lowest BCUT2D eigenvalue weighted by Crippen LogP contribution is -3.15. The number of nitrogens with zero attached hydrogens (tertiary/aromatic N) is 1. The van der Waals surface area contributed by atoms with Gasteiger partial charge in [0.05, 0.1) is 26.2 Å². The minimum absolute atomic E-state index is 0.00553. The molecule has 0 unspecified atom stereocenters. The molecule has 0 atom stereocenters. The predicted octanol–water partition coefficient (Wildman–Crippen LogP) is -0.101. The number of rotatable bonds is 4. The van der Waals surface area contributed by atoms with Crippen molar-refractivity contribution in [2.75, 3.05) is 43.9 Å². The normalized spacial score (nSPS) is 15.8. The molecule has 6 heteroatoms. The van der Waals surface area contributed by atoms with Gasteiger partial charge in [-0.05, 0) is 19.1 Å². The molecule has 2 amide bonds. The Labute approximate surface area is 129 Å². The van der Waals surface area contributed by atoms with Gasteiger partial charge in [0.25, 0.3) is 5.91 Å². The smallest absolute Gasteiger partial charge is 0.279 e. The summed E-state index contributed by atoms with van der Waals surface area (Å²) in [5, 5.41) is 2.90. The average Bonchev–Trinajstić information content (AvgIpc) is 2.49.